The highest BCUT2D eigenvalue weighted by Crippen LogP contribution is 2.42. The maximum Gasteiger partial charge on any atom is 0.325 e. The summed E-state index contributed by atoms with van der Waals surface area (Å²) in [7, 11) is 0. The van der Waals surface area contributed by atoms with Crippen LogP contribution in [0.5, 0.6) is 0 Å². The number of hydrogen-bond donors (Lipinski definition) is 3. The first-order valence-corrected chi connectivity index (χ1v) is 8.12. The monoisotopic (exact) mass is 308 g/mol. The van der Waals surface area contributed by atoms with E-state index in [0.29, 0.717) is 12.5 Å². The largest absolute Gasteiger partial charge is 0.355 e. The van der Waals surface area contributed by atoms with Gasteiger partial charge in [0.1, 0.15) is 12.1 Å². The Kier molecular flexibility index (Phi) is 4.08. The standard InChI is InChI=1S/C15H24N4O3/c1-15(11-2-3-11)13(21)19(14(22)18-15)9-12(20)17-7-5-10-4-6-16-8-10/h10-11,16H,2-9H2,1H3,(H,17,20)(H,18,22). The molecule has 2 aliphatic heterocycles. The first-order valence-electron chi connectivity index (χ1n) is 8.12. The number of nitrogens with zero attached hydrogens (tertiary/aromatic N) is 1. The zero-order chi connectivity index (χ0) is 15.7. The molecule has 0 radical (unpaired) electrons. The molecule has 0 aromatic carbocycles. The molecule has 1 saturated carbocycles. The fourth-order valence-electron chi connectivity index (χ4n) is 3.37. The lowest BCUT2D eigenvalue weighted by Crippen LogP contribution is -2.47. The lowest BCUT2D eigenvalue weighted by atomic mass is 9.96. The summed E-state index contributed by atoms with van der Waals surface area (Å²) in [6, 6.07) is -0.449. The molecule has 3 N–H and O–H groups in total. The second kappa shape index (κ2) is 5.87. The lowest BCUT2D eigenvalue weighted by molar-refractivity contribution is -0.135. The van der Waals surface area contributed by atoms with Crippen molar-refractivity contribution in [2.75, 3.05) is 26.2 Å². The first-order chi connectivity index (χ1) is 10.5. The first kappa shape index (κ1) is 15.3. The van der Waals surface area contributed by atoms with E-state index in [1.165, 1.54) is 0 Å². The Morgan fingerprint density at radius 3 is 2.77 bits per heavy atom. The number of rotatable bonds is 6. The molecular formula is C15H24N4O3. The molecule has 2 heterocycles. The molecular weight excluding hydrogens is 284 g/mol. The van der Waals surface area contributed by atoms with Gasteiger partial charge in [0.05, 0.1) is 0 Å². The van der Waals surface area contributed by atoms with Crippen molar-refractivity contribution in [3.63, 3.8) is 0 Å². The van der Waals surface area contributed by atoms with Crippen molar-refractivity contribution in [2.24, 2.45) is 11.8 Å². The Balaban J connectivity index is 1.46. The third kappa shape index (κ3) is 2.95. The normalized spacial score (nSPS) is 31.5. The maximum atomic E-state index is 12.4. The predicted octanol–water partition coefficient (Wildman–Crippen LogP) is -0.177. The van der Waals surface area contributed by atoms with E-state index in [1.54, 1.807) is 6.92 Å². The number of hydrogen-bond acceptors (Lipinski definition) is 4. The van der Waals surface area contributed by atoms with E-state index in [9.17, 15) is 14.4 Å². The van der Waals surface area contributed by atoms with Gasteiger partial charge in [0.25, 0.3) is 5.91 Å². The summed E-state index contributed by atoms with van der Waals surface area (Å²) < 4.78 is 0. The average molecular weight is 308 g/mol. The molecule has 2 saturated heterocycles. The van der Waals surface area contributed by atoms with E-state index in [4.69, 9.17) is 0 Å². The van der Waals surface area contributed by atoms with E-state index in [0.717, 1.165) is 43.7 Å². The van der Waals surface area contributed by atoms with Crippen molar-refractivity contribution in [1.82, 2.24) is 20.9 Å². The van der Waals surface area contributed by atoms with Gasteiger partial charge in [-0.25, -0.2) is 4.79 Å². The minimum atomic E-state index is -0.813. The van der Waals surface area contributed by atoms with Crippen LogP contribution in [0.4, 0.5) is 4.79 Å². The van der Waals surface area contributed by atoms with Crippen LogP contribution in [0.2, 0.25) is 0 Å². The number of carbonyl (C=O) groups excluding carboxylic acids is 3. The molecule has 0 aromatic heterocycles. The Hall–Kier alpha value is -1.63. The highest BCUT2D eigenvalue weighted by atomic mass is 16.2. The van der Waals surface area contributed by atoms with E-state index >= 15 is 0 Å². The number of imide groups is 1. The van der Waals surface area contributed by atoms with Gasteiger partial charge in [-0.3, -0.25) is 14.5 Å². The second-order valence-electron chi connectivity index (χ2n) is 6.80. The third-order valence-electron chi connectivity index (χ3n) is 5.03. The van der Waals surface area contributed by atoms with Crippen LogP contribution in [0.1, 0.15) is 32.6 Å². The van der Waals surface area contributed by atoms with E-state index < -0.39 is 11.6 Å². The second-order valence-corrected chi connectivity index (χ2v) is 6.80. The van der Waals surface area contributed by atoms with Gasteiger partial charge in [-0.1, -0.05) is 0 Å². The molecule has 0 aromatic rings. The van der Waals surface area contributed by atoms with Crippen LogP contribution >= 0.6 is 0 Å². The molecule has 3 fully saturated rings. The molecule has 2 unspecified atom stereocenters. The third-order valence-corrected chi connectivity index (χ3v) is 5.03. The summed E-state index contributed by atoms with van der Waals surface area (Å²) in [5.74, 6) is 0.284. The van der Waals surface area contributed by atoms with Crippen LogP contribution in [-0.4, -0.2) is 54.5 Å². The van der Waals surface area contributed by atoms with Gasteiger partial charge in [-0.05, 0) is 57.5 Å². The van der Waals surface area contributed by atoms with Crippen molar-refractivity contribution in [3.05, 3.63) is 0 Å². The summed E-state index contributed by atoms with van der Waals surface area (Å²) in [6.45, 7) is 4.21. The van der Waals surface area contributed by atoms with E-state index in [2.05, 4.69) is 16.0 Å². The number of nitrogens with one attached hydrogen (secondary N) is 3. The zero-order valence-corrected chi connectivity index (χ0v) is 13.0. The van der Waals surface area contributed by atoms with E-state index in [-0.39, 0.29) is 24.3 Å². The fourth-order valence-corrected chi connectivity index (χ4v) is 3.37. The Morgan fingerprint density at radius 1 is 1.36 bits per heavy atom. The van der Waals surface area contributed by atoms with Crippen LogP contribution in [0.25, 0.3) is 0 Å². The van der Waals surface area contributed by atoms with Gasteiger partial charge in [0, 0.05) is 6.54 Å². The molecule has 2 atom stereocenters. The van der Waals surface area contributed by atoms with Crippen LogP contribution in [0, 0.1) is 11.8 Å². The highest BCUT2D eigenvalue weighted by Gasteiger charge is 2.56. The molecule has 7 heteroatoms. The topological polar surface area (TPSA) is 90.5 Å². The maximum absolute atomic E-state index is 12.4. The number of carbonyl (C=O) groups is 3. The minimum Gasteiger partial charge on any atom is -0.355 e. The van der Waals surface area contributed by atoms with Gasteiger partial charge in [0.15, 0.2) is 0 Å². The van der Waals surface area contributed by atoms with Gasteiger partial charge in [-0.2, -0.15) is 0 Å². The van der Waals surface area contributed by atoms with Crippen LogP contribution < -0.4 is 16.0 Å². The minimum absolute atomic E-state index is 0.185. The summed E-state index contributed by atoms with van der Waals surface area (Å²) in [5, 5.41) is 8.84. The quantitative estimate of drug-likeness (QED) is 0.594. The molecule has 4 amide bonds. The molecule has 3 rings (SSSR count). The predicted molar refractivity (Wildman–Crippen MR) is 80.0 cm³/mol. The molecule has 0 bridgehead atoms. The number of urea groups is 1. The summed E-state index contributed by atoms with van der Waals surface area (Å²) in [5.41, 5.74) is -0.813. The summed E-state index contributed by atoms with van der Waals surface area (Å²) >= 11 is 0. The van der Waals surface area contributed by atoms with Gasteiger partial charge in [-0.15, -0.1) is 0 Å². The Bertz CT molecular complexity index is 485. The number of amides is 4. The fraction of sp³-hybridized carbons (Fsp3) is 0.800. The van der Waals surface area contributed by atoms with Crippen molar-refractivity contribution >= 4 is 17.8 Å². The molecule has 1 aliphatic carbocycles. The van der Waals surface area contributed by atoms with Crippen molar-refractivity contribution < 1.29 is 14.4 Å². The Morgan fingerprint density at radius 2 is 2.14 bits per heavy atom. The molecule has 3 aliphatic rings. The van der Waals surface area contributed by atoms with Crippen molar-refractivity contribution in [1.29, 1.82) is 0 Å². The SMILES string of the molecule is CC1(C2CC2)NC(=O)N(CC(=O)NCCC2CCNC2)C1=O. The van der Waals surface area contributed by atoms with Crippen LogP contribution in [0.15, 0.2) is 0 Å². The molecule has 7 nitrogen and oxygen atoms in total. The zero-order valence-electron chi connectivity index (χ0n) is 13.0. The van der Waals surface area contributed by atoms with Gasteiger partial charge >= 0.3 is 6.03 Å². The van der Waals surface area contributed by atoms with Crippen molar-refractivity contribution in [3.8, 4) is 0 Å². The smallest absolute Gasteiger partial charge is 0.325 e. The molecule has 22 heavy (non-hydrogen) atoms. The summed E-state index contributed by atoms with van der Waals surface area (Å²) in [4.78, 5) is 37.4. The van der Waals surface area contributed by atoms with Crippen LogP contribution in [-0.2, 0) is 9.59 Å². The van der Waals surface area contributed by atoms with E-state index in [1.807, 2.05) is 0 Å². The van der Waals surface area contributed by atoms with Crippen LogP contribution in [0.3, 0.4) is 0 Å². The average Bonchev–Trinajstić information content (AvgIpc) is 3.17. The van der Waals surface area contributed by atoms with Gasteiger partial charge in [0.2, 0.25) is 5.91 Å². The Labute approximate surface area is 130 Å². The van der Waals surface area contributed by atoms with Crippen molar-refractivity contribution in [2.45, 2.75) is 38.1 Å². The molecule has 122 valence electrons. The van der Waals surface area contributed by atoms with Gasteiger partial charge < -0.3 is 16.0 Å². The lowest BCUT2D eigenvalue weighted by Gasteiger charge is -2.20. The highest BCUT2D eigenvalue weighted by molar-refractivity contribution is 6.09. The molecule has 0 spiro atoms. The summed E-state index contributed by atoms with van der Waals surface area (Å²) in [6.07, 6.45) is 3.98.